The maximum atomic E-state index is 13.1. The normalized spacial score (nSPS) is 11.1. The Bertz CT molecular complexity index is 1110. The summed E-state index contributed by atoms with van der Waals surface area (Å²) in [5.74, 6) is 0.660. The Labute approximate surface area is 167 Å². The Kier molecular flexibility index (Phi) is 5.71. The number of methoxy groups -OCH3 is 1. The highest BCUT2D eigenvalue weighted by molar-refractivity contribution is 7.92. The molecular weight excluding hydrogens is 407 g/mol. The molecule has 2 aromatic carbocycles. The number of nitrogens with one attached hydrogen (secondary N) is 1. The van der Waals surface area contributed by atoms with Gasteiger partial charge in [-0.05, 0) is 48.9 Å². The second kappa shape index (κ2) is 8.04. The number of ether oxygens (including phenoxy) is 2. The van der Waals surface area contributed by atoms with Gasteiger partial charge in [0, 0.05) is 6.07 Å². The van der Waals surface area contributed by atoms with Gasteiger partial charge in [-0.2, -0.15) is 0 Å². The first-order valence-corrected chi connectivity index (χ1v) is 9.91. The highest BCUT2D eigenvalue weighted by atomic mass is 35.5. The lowest BCUT2D eigenvalue weighted by molar-refractivity contribution is 0.374. The van der Waals surface area contributed by atoms with Crippen LogP contribution in [0.2, 0.25) is 5.02 Å². The van der Waals surface area contributed by atoms with E-state index >= 15 is 0 Å². The standard InChI is InChI=1S/C19H16ClFN2O4S/c1-12-3-6-16(17(9-12)26-2)27-19-8-5-14(11-22-19)23-28(24,25)18-7-4-13(21)10-15(18)20/h3-11,23H,1-2H3. The molecule has 0 atom stereocenters. The molecule has 0 fully saturated rings. The number of anilines is 1. The van der Waals surface area contributed by atoms with Gasteiger partial charge < -0.3 is 9.47 Å². The summed E-state index contributed by atoms with van der Waals surface area (Å²) in [6.45, 7) is 1.93. The van der Waals surface area contributed by atoms with Crippen molar-refractivity contribution in [3.63, 3.8) is 0 Å². The van der Waals surface area contributed by atoms with E-state index in [-0.39, 0.29) is 21.5 Å². The molecule has 146 valence electrons. The number of aryl methyl sites for hydroxylation is 1. The van der Waals surface area contributed by atoms with Crippen LogP contribution in [0, 0.1) is 12.7 Å². The van der Waals surface area contributed by atoms with Crippen molar-refractivity contribution < 1.29 is 22.3 Å². The molecule has 1 heterocycles. The van der Waals surface area contributed by atoms with E-state index in [0.29, 0.717) is 11.5 Å². The third kappa shape index (κ3) is 4.52. The molecule has 6 nitrogen and oxygen atoms in total. The quantitative estimate of drug-likeness (QED) is 0.618. The Balaban J connectivity index is 1.77. The van der Waals surface area contributed by atoms with Crippen LogP contribution < -0.4 is 14.2 Å². The summed E-state index contributed by atoms with van der Waals surface area (Å²) in [5.41, 5.74) is 1.21. The predicted octanol–water partition coefficient (Wildman–Crippen LogP) is 4.78. The minimum absolute atomic E-state index is 0.198. The van der Waals surface area contributed by atoms with Crippen molar-refractivity contribution in [2.75, 3.05) is 11.8 Å². The van der Waals surface area contributed by atoms with Crippen LogP contribution in [0.4, 0.5) is 10.1 Å². The van der Waals surface area contributed by atoms with Crippen molar-refractivity contribution in [2.45, 2.75) is 11.8 Å². The molecule has 0 spiro atoms. The van der Waals surface area contributed by atoms with Crippen LogP contribution in [-0.4, -0.2) is 20.5 Å². The van der Waals surface area contributed by atoms with Gasteiger partial charge in [0.05, 0.1) is 24.0 Å². The maximum Gasteiger partial charge on any atom is 0.263 e. The third-order valence-corrected chi connectivity index (χ3v) is 5.57. The van der Waals surface area contributed by atoms with Gasteiger partial charge in [0.15, 0.2) is 11.5 Å². The summed E-state index contributed by atoms with van der Waals surface area (Å²) < 4.78 is 51.3. The van der Waals surface area contributed by atoms with Crippen LogP contribution in [0.1, 0.15) is 5.56 Å². The molecular formula is C19H16ClFN2O4S. The summed E-state index contributed by atoms with van der Waals surface area (Å²) in [6, 6.07) is 11.5. The van der Waals surface area contributed by atoms with Crippen LogP contribution in [0.25, 0.3) is 0 Å². The molecule has 3 aromatic rings. The van der Waals surface area contributed by atoms with Crippen molar-refractivity contribution in [3.8, 4) is 17.4 Å². The van der Waals surface area contributed by atoms with Crippen LogP contribution in [-0.2, 0) is 10.0 Å². The van der Waals surface area contributed by atoms with Crippen molar-refractivity contribution in [1.82, 2.24) is 4.98 Å². The Hall–Kier alpha value is -2.84. The highest BCUT2D eigenvalue weighted by Crippen LogP contribution is 2.32. The van der Waals surface area contributed by atoms with Crippen LogP contribution in [0.5, 0.6) is 17.4 Å². The summed E-state index contributed by atoms with van der Waals surface area (Å²) in [5, 5.41) is -0.216. The molecule has 0 aliphatic carbocycles. The van der Waals surface area contributed by atoms with Gasteiger partial charge in [-0.25, -0.2) is 17.8 Å². The van der Waals surface area contributed by atoms with Gasteiger partial charge >= 0.3 is 0 Å². The minimum Gasteiger partial charge on any atom is -0.493 e. The van der Waals surface area contributed by atoms with Crippen LogP contribution in [0.15, 0.2) is 59.6 Å². The molecule has 1 N–H and O–H groups in total. The Morgan fingerprint density at radius 1 is 1.07 bits per heavy atom. The van der Waals surface area contributed by atoms with Crippen molar-refractivity contribution in [1.29, 1.82) is 0 Å². The Morgan fingerprint density at radius 3 is 2.50 bits per heavy atom. The first-order chi connectivity index (χ1) is 13.3. The SMILES string of the molecule is COc1cc(C)ccc1Oc1ccc(NS(=O)(=O)c2ccc(F)cc2Cl)cn1. The molecule has 0 aliphatic rings. The van der Waals surface area contributed by atoms with E-state index in [0.717, 1.165) is 23.8 Å². The number of pyridine rings is 1. The average molecular weight is 423 g/mol. The number of aromatic nitrogens is 1. The van der Waals surface area contributed by atoms with Gasteiger partial charge in [-0.3, -0.25) is 4.72 Å². The lowest BCUT2D eigenvalue weighted by atomic mass is 10.2. The molecule has 0 saturated heterocycles. The molecule has 0 aliphatic heterocycles. The molecule has 3 rings (SSSR count). The summed E-state index contributed by atoms with van der Waals surface area (Å²) in [6.07, 6.45) is 1.30. The number of rotatable bonds is 6. The molecule has 28 heavy (non-hydrogen) atoms. The topological polar surface area (TPSA) is 77.5 Å². The molecule has 0 unspecified atom stereocenters. The molecule has 1 aromatic heterocycles. The molecule has 0 saturated carbocycles. The fourth-order valence-corrected chi connectivity index (χ4v) is 3.95. The lowest BCUT2D eigenvalue weighted by Crippen LogP contribution is -2.13. The first kappa shape index (κ1) is 19.9. The van der Waals surface area contributed by atoms with Gasteiger partial charge in [-0.1, -0.05) is 17.7 Å². The van der Waals surface area contributed by atoms with Crippen molar-refractivity contribution >= 4 is 27.3 Å². The zero-order valence-electron chi connectivity index (χ0n) is 14.9. The molecule has 0 bridgehead atoms. The van der Waals surface area contributed by atoms with Crippen molar-refractivity contribution in [2.24, 2.45) is 0 Å². The number of sulfonamides is 1. The smallest absolute Gasteiger partial charge is 0.263 e. The number of nitrogens with zero attached hydrogens (tertiary/aromatic N) is 1. The van der Waals surface area contributed by atoms with Gasteiger partial charge in [-0.15, -0.1) is 0 Å². The largest absolute Gasteiger partial charge is 0.493 e. The molecule has 0 radical (unpaired) electrons. The number of benzene rings is 2. The van der Waals surface area contributed by atoms with E-state index in [1.54, 1.807) is 6.07 Å². The van der Waals surface area contributed by atoms with Crippen molar-refractivity contribution in [3.05, 3.63) is 71.1 Å². The highest BCUT2D eigenvalue weighted by Gasteiger charge is 2.19. The van der Waals surface area contributed by atoms with E-state index in [2.05, 4.69) is 9.71 Å². The summed E-state index contributed by atoms with van der Waals surface area (Å²) in [4.78, 5) is 3.85. The van der Waals surface area contributed by atoms with Gasteiger partial charge in [0.25, 0.3) is 10.0 Å². The lowest BCUT2D eigenvalue weighted by Gasteiger charge is -2.12. The Morgan fingerprint density at radius 2 is 1.86 bits per heavy atom. The molecule has 9 heteroatoms. The van der Waals surface area contributed by atoms with Gasteiger partial charge in [0.2, 0.25) is 5.88 Å². The van der Waals surface area contributed by atoms with E-state index in [9.17, 15) is 12.8 Å². The van der Waals surface area contributed by atoms with E-state index in [4.69, 9.17) is 21.1 Å². The second-order valence-electron chi connectivity index (χ2n) is 5.82. The fraction of sp³-hybridized carbons (Fsp3) is 0.105. The third-order valence-electron chi connectivity index (χ3n) is 3.71. The minimum atomic E-state index is -4.00. The van der Waals surface area contributed by atoms with Crippen LogP contribution in [0.3, 0.4) is 0 Å². The van der Waals surface area contributed by atoms with E-state index < -0.39 is 15.8 Å². The fourth-order valence-electron chi connectivity index (χ4n) is 2.38. The summed E-state index contributed by atoms with van der Waals surface area (Å²) >= 11 is 5.83. The van der Waals surface area contributed by atoms with E-state index in [1.165, 1.54) is 25.4 Å². The second-order valence-corrected chi connectivity index (χ2v) is 7.88. The van der Waals surface area contributed by atoms with E-state index in [1.807, 2.05) is 19.1 Å². The molecule has 0 amide bonds. The summed E-state index contributed by atoms with van der Waals surface area (Å²) in [7, 11) is -2.46. The zero-order chi connectivity index (χ0) is 20.3. The average Bonchev–Trinajstić information content (AvgIpc) is 2.64. The first-order valence-electron chi connectivity index (χ1n) is 8.05. The predicted molar refractivity (Wildman–Crippen MR) is 104 cm³/mol. The maximum absolute atomic E-state index is 13.1. The van der Waals surface area contributed by atoms with Gasteiger partial charge in [0.1, 0.15) is 10.7 Å². The zero-order valence-corrected chi connectivity index (χ0v) is 16.5. The number of halogens is 2. The number of hydrogen-bond acceptors (Lipinski definition) is 5. The number of hydrogen-bond donors (Lipinski definition) is 1. The van der Waals surface area contributed by atoms with Crippen LogP contribution >= 0.6 is 11.6 Å². The monoisotopic (exact) mass is 422 g/mol.